The molecule has 0 aliphatic heterocycles. The molecule has 0 bridgehead atoms. The maximum absolute atomic E-state index is 9.46. The molecule has 1 N–H and O–H groups in total. The van der Waals surface area contributed by atoms with Gasteiger partial charge in [-0.25, -0.2) is 0 Å². The van der Waals surface area contributed by atoms with E-state index in [-0.39, 0.29) is 0 Å². The van der Waals surface area contributed by atoms with Gasteiger partial charge in [-0.2, -0.15) is 0 Å². The lowest BCUT2D eigenvalue weighted by Crippen LogP contribution is -2.10. The van der Waals surface area contributed by atoms with Crippen LogP contribution in [0.5, 0.6) is 5.75 Å². The van der Waals surface area contributed by atoms with Gasteiger partial charge in [-0.3, -0.25) is 0 Å². The number of phenolic OH excluding ortho intramolecular Hbond substituents is 1. The van der Waals surface area contributed by atoms with Crippen molar-refractivity contribution in [2.45, 2.75) is 13.5 Å². The molecule has 0 aromatic heterocycles. The summed E-state index contributed by atoms with van der Waals surface area (Å²) in [6.45, 7) is 2.81. The highest BCUT2D eigenvalue weighted by molar-refractivity contribution is 14.1. The number of aromatic hydroxyl groups is 1. The second-order valence-electron chi connectivity index (χ2n) is 3.37. The minimum atomic E-state index is 0.384. The Labute approximate surface area is 100 Å². The van der Waals surface area contributed by atoms with E-state index in [9.17, 15) is 5.11 Å². The molecule has 80 valence electrons. The SMILES string of the molecule is CI.Cc1ccc(O)c(CN(C)C)c1. The zero-order valence-corrected chi connectivity index (χ0v) is 11.4. The Balaban J connectivity index is 0.000000791. The Morgan fingerprint density at radius 2 is 1.86 bits per heavy atom. The van der Waals surface area contributed by atoms with E-state index in [1.165, 1.54) is 5.56 Å². The van der Waals surface area contributed by atoms with Gasteiger partial charge in [0.15, 0.2) is 0 Å². The van der Waals surface area contributed by atoms with Crippen LogP contribution in [0.1, 0.15) is 11.1 Å². The average molecular weight is 307 g/mol. The highest BCUT2D eigenvalue weighted by Crippen LogP contribution is 2.18. The van der Waals surface area contributed by atoms with Gasteiger partial charge in [-0.05, 0) is 32.0 Å². The summed E-state index contributed by atoms with van der Waals surface area (Å²) in [5, 5.41) is 9.46. The summed E-state index contributed by atoms with van der Waals surface area (Å²) in [7, 11) is 3.98. The van der Waals surface area contributed by atoms with Crippen LogP contribution in [0.3, 0.4) is 0 Å². The topological polar surface area (TPSA) is 23.5 Å². The third-order valence-corrected chi connectivity index (χ3v) is 1.72. The van der Waals surface area contributed by atoms with Gasteiger partial charge in [0, 0.05) is 12.1 Å². The summed E-state index contributed by atoms with van der Waals surface area (Å²) in [6, 6.07) is 5.66. The highest BCUT2D eigenvalue weighted by atomic mass is 127. The van der Waals surface area contributed by atoms with Crippen LogP contribution in [0.2, 0.25) is 0 Å². The maximum atomic E-state index is 9.46. The summed E-state index contributed by atoms with van der Waals surface area (Å²) in [6.07, 6.45) is 0. The third kappa shape index (κ3) is 4.81. The molecule has 0 radical (unpaired) electrons. The summed E-state index contributed by atoms with van der Waals surface area (Å²) in [4.78, 5) is 4.01. The molecule has 0 atom stereocenters. The van der Waals surface area contributed by atoms with E-state index in [1.54, 1.807) is 6.07 Å². The molecule has 1 aromatic rings. The van der Waals surface area contributed by atoms with Crippen molar-refractivity contribution in [2.24, 2.45) is 0 Å². The number of hydrogen-bond acceptors (Lipinski definition) is 2. The largest absolute Gasteiger partial charge is 0.508 e. The molecule has 0 aliphatic rings. The molecular formula is C11H18INO. The summed E-state index contributed by atoms with van der Waals surface area (Å²) in [5.41, 5.74) is 2.17. The van der Waals surface area contributed by atoms with Crippen molar-refractivity contribution >= 4 is 22.6 Å². The van der Waals surface area contributed by atoms with Crippen LogP contribution in [-0.4, -0.2) is 29.0 Å². The van der Waals surface area contributed by atoms with Crippen LogP contribution < -0.4 is 0 Å². The molecule has 0 saturated carbocycles. The fourth-order valence-electron chi connectivity index (χ4n) is 1.18. The number of rotatable bonds is 2. The monoisotopic (exact) mass is 307 g/mol. The molecule has 1 aromatic carbocycles. The van der Waals surface area contributed by atoms with Crippen LogP contribution in [-0.2, 0) is 6.54 Å². The number of phenols is 1. The Bertz CT molecular complexity index is 274. The Kier molecular flexibility index (Phi) is 6.92. The minimum absolute atomic E-state index is 0.384. The van der Waals surface area contributed by atoms with E-state index in [1.807, 2.05) is 43.0 Å². The number of benzene rings is 1. The van der Waals surface area contributed by atoms with Gasteiger partial charge in [0.1, 0.15) is 5.75 Å². The van der Waals surface area contributed by atoms with E-state index in [2.05, 4.69) is 22.6 Å². The van der Waals surface area contributed by atoms with Crippen LogP contribution in [0.25, 0.3) is 0 Å². The molecule has 3 heteroatoms. The predicted octanol–water partition coefficient (Wildman–Crippen LogP) is 2.81. The fourth-order valence-corrected chi connectivity index (χ4v) is 1.18. The lowest BCUT2D eigenvalue weighted by Gasteiger charge is -2.11. The van der Waals surface area contributed by atoms with Crippen molar-refractivity contribution in [3.05, 3.63) is 29.3 Å². The smallest absolute Gasteiger partial charge is 0.120 e. The number of nitrogens with zero attached hydrogens (tertiary/aromatic N) is 1. The Morgan fingerprint density at radius 1 is 1.29 bits per heavy atom. The second-order valence-corrected chi connectivity index (χ2v) is 3.37. The minimum Gasteiger partial charge on any atom is -0.508 e. The standard InChI is InChI=1S/C10H15NO.CH3I/c1-8-4-5-10(12)9(6-8)7-11(2)3;1-2/h4-6,12H,7H2,1-3H3;1H3. The second kappa shape index (κ2) is 7.06. The quantitative estimate of drug-likeness (QED) is 0.671. The molecule has 0 spiro atoms. The first-order valence-corrected chi connectivity index (χ1v) is 6.56. The van der Waals surface area contributed by atoms with Crippen molar-refractivity contribution in [1.82, 2.24) is 4.90 Å². The van der Waals surface area contributed by atoms with Gasteiger partial charge in [-0.1, -0.05) is 40.3 Å². The maximum Gasteiger partial charge on any atom is 0.120 e. The molecule has 1 rings (SSSR count). The predicted molar refractivity (Wildman–Crippen MR) is 70.2 cm³/mol. The van der Waals surface area contributed by atoms with E-state index in [4.69, 9.17) is 0 Å². The van der Waals surface area contributed by atoms with Gasteiger partial charge in [0.05, 0.1) is 0 Å². The first-order chi connectivity index (χ1) is 6.59. The molecular weight excluding hydrogens is 289 g/mol. The van der Waals surface area contributed by atoms with E-state index >= 15 is 0 Å². The zero-order chi connectivity index (χ0) is 11.1. The number of alkyl halides is 1. The van der Waals surface area contributed by atoms with Gasteiger partial charge in [0.25, 0.3) is 0 Å². The number of hydrogen-bond donors (Lipinski definition) is 1. The fraction of sp³-hybridized carbons (Fsp3) is 0.455. The van der Waals surface area contributed by atoms with Gasteiger partial charge in [0.2, 0.25) is 0 Å². The summed E-state index contributed by atoms with van der Waals surface area (Å²) < 4.78 is 0. The van der Waals surface area contributed by atoms with Crippen LogP contribution in [0.15, 0.2) is 18.2 Å². The molecule has 0 heterocycles. The van der Waals surface area contributed by atoms with Crippen molar-refractivity contribution in [2.75, 3.05) is 19.0 Å². The molecule has 2 nitrogen and oxygen atoms in total. The Morgan fingerprint density at radius 3 is 2.36 bits per heavy atom. The molecule has 0 saturated heterocycles. The van der Waals surface area contributed by atoms with Crippen molar-refractivity contribution in [3.63, 3.8) is 0 Å². The normalized spacial score (nSPS) is 9.57. The van der Waals surface area contributed by atoms with Gasteiger partial charge >= 0.3 is 0 Å². The lowest BCUT2D eigenvalue weighted by molar-refractivity contribution is 0.385. The molecule has 0 fully saturated rings. The van der Waals surface area contributed by atoms with E-state index in [0.29, 0.717) is 5.75 Å². The van der Waals surface area contributed by atoms with Crippen molar-refractivity contribution in [1.29, 1.82) is 0 Å². The molecule has 0 aliphatic carbocycles. The van der Waals surface area contributed by atoms with Gasteiger partial charge < -0.3 is 10.0 Å². The Hall–Kier alpha value is -0.290. The molecule has 0 amide bonds. The van der Waals surface area contributed by atoms with Crippen LogP contribution in [0.4, 0.5) is 0 Å². The molecule has 14 heavy (non-hydrogen) atoms. The third-order valence-electron chi connectivity index (χ3n) is 1.72. The highest BCUT2D eigenvalue weighted by Gasteiger charge is 2.01. The van der Waals surface area contributed by atoms with Crippen molar-refractivity contribution < 1.29 is 5.11 Å². The average Bonchev–Trinajstić information content (AvgIpc) is 2.14. The zero-order valence-electron chi connectivity index (χ0n) is 9.21. The van der Waals surface area contributed by atoms with Crippen molar-refractivity contribution in [3.8, 4) is 5.75 Å². The van der Waals surface area contributed by atoms with Crippen LogP contribution >= 0.6 is 22.6 Å². The van der Waals surface area contributed by atoms with Gasteiger partial charge in [-0.15, -0.1) is 0 Å². The summed E-state index contributed by atoms with van der Waals surface area (Å²) in [5.74, 6) is 0.384. The van der Waals surface area contributed by atoms with Crippen LogP contribution in [0, 0.1) is 6.92 Å². The first-order valence-electron chi connectivity index (χ1n) is 4.40. The molecule has 0 unspecified atom stereocenters. The number of halogens is 1. The first kappa shape index (κ1) is 13.7. The van der Waals surface area contributed by atoms with E-state index in [0.717, 1.165) is 12.1 Å². The number of aryl methyl sites for hydroxylation is 1. The summed E-state index contributed by atoms with van der Waals surface area (Å²) >= 11 is 2.15. The lowest BCUT2D eigenvalue weighted by atomic mass is 10.1. The van der Waals surface area contributed by atoms with E-state index < -0.39 is 0 Å².